The van der Waals surface area contributed by atoms with Gasteiger partial charge in [-0.25, -0.2) is 0 Å². The first kappa shape index (κ1) is 18.5. The van der Waals surface area contributed by atoms with Gasteiger partial charge >= 0.3 is 6.18 Å². The Morgan fingerprint density at radius 2 is 1.79 bits per heavy atom. The Balaban J connectivity index is 0.00000324. The van der Waals surface area contributed by atoms with Crippen LogP contribution in [0.2, 0.25) is 5.02 Å². The van der Waals surface area contributed by atoms with Crippen molar-refractivity contribution in [1.82, 2.24) is 0 Å². The Labute approximate surface area is 121 Å². The van der Waals surface area contributed by atoms with E-state index >= 15 is 0 Å². The minimum Gasteiger partial charge on any atom is -0.391 e. The van der Waals surface area contributed by atoms with E-state index in [9.17, 15) is 18.3 Å². The number of alkyl halides is 3. The Morgan fingerprint density at radius 3 is 2.21 bits per heavy atom. The minimum atomic E-state index is -4.46. The van der Waals surface area contributed by atoms with Crippen molar-refractivity contribution in [2.45, 2.75) is 32.2 Å². The van der Waals surface area contributed by atoms with Gasteiger partial charge in [0.15, 0.2) is 0 Å². The highest BCUT2D eigenvalue weighted by Gasteiger charge is 2.32. The van der Waals surface area contributed by atoms with Gasteiger partial charge in [0.25, 0.3) is 0 Å². The van der Waals surface area contributed by atoms with Gasteiger partial charge in [-0.2, -0.15) is 13.2 Å². The second-order valence-electron chi connectivity index (χ2n) is 4.49. The second kappa shape index (κ2) is 6.79. The van der Waals surface area contributed by atoms with Gasteiger partial charge in [0.1, 0.15) is 0 Å². The standard InChI is InChI=1S/C12H15ClF3NO.ClH/c1-6(2)11(18)10(17)8-5-7(12(14,15)16)3-4-9(8)13;/h3-6,10-11,18H,17H2,1-2H3;1H/t10-,11+;/m0./s1. The maximum atomic E-state index is 12.6. The van der Waals surface area contributed by atoms with Gasteiger partial charge in [0, 0.05) is 5.02 Å². The molecule has 0 aromatic heterocycles. The summed E-state index contributed by atoms with van der Waals surface area (Å²) in [6.45, 7) is 3.46. The van der Waals surface area contributed by atoms with Crippen LogP contribution in [-0.4, -0.2) is 11.2 Å². The quantitative estimate of drug-likeness (QED) is 0.890. The summed E-state index contributed by atoms with van der Waals surface area (Å²) in [5, 5.41) is 9.92. The number of rotatable bonds is 3. The fraction of sp³-hybridized carbons (Fsp3) is 0.500. The molecule has 1 aromatic carbocycles. The van der Waals surface area contributed by atoms with Crippen LogP contribution < -0.4 is 5.73 Å². The van der Waals surface area contributed by atoms with Crippen molar-refractivity contribution in [2.24, 2.45) is 11.7 Å². The van der Waals surface area contributed by atoms with Crippen molar-refractivity contribution in [2.75, 3.05) is 0 Å². The molecule has 19 heavy (non-hydrogen) atoms. The van der Waals surface area contributed by atoms with E-state index < -0.39 is 23.9 Å². The molecule has 0 aliphatic heterocycles. The Kier molecular flexibility index (Phi) is 6.62. The molecule has 0 saturated carbocycles. The topological polar surface area (TPSA) is 46.2 Å². The van der Waals surface area contributed by atoms with E-state index in [1.165, 1.54) is 0 Å². The third kappa shape index (κ3) is 4.53. The van der Waals surface area contributed by atoms with Gasteiger partial charge in [-0.15, -0.1) is 12.4 Å². The molecule has 0 radical (unpaired) electrons. The predicted octanol–water partition coefficient (Wildman–Crippen LogP) is 3.80. The van der Waals surface area contributed by atoms with E-state index in [0.717, 1.165) is 18.2 Å². The van der Waals surface area contributed by atoms with Crippen molar-refractivity contribution >= 4 is 24.0 Å². The number of hydrogen-bond donors (Lipinski definition) is 2. The lowest BCUT2D eigenvalue weighted by Gasteiger charge is -2.24. The monoisotopic (exact) mass is 317 g/mol. The lowest BCUT2D eigenvalue weighted by atomic mass is 9.93. The van der Waals surface area contributed by atoms with Crippen LogP contribution in [0, 0.1) is 5.92 Å². The fourth-order valence-corrected chi connectivity index (χ4v) is 1.82. The highest BCUT2D eigenvalue weighted by Crippen LogP contribution is 2.34. The van der Waals surface area contributed by atoms with Gasteiger partial charge in [0.05, 0.1) is 17.7 Å². The summed E-state index contributed by atoms with van der Waals surface area (Å²) in [6, 6.07) is 1.98. The average molecular weight is 318 g/mol. The third-order valence-corrected chi connectivity index (χ3v) is 3.08. The molecule has 7 heteroatoms. The lowest BCUT2D eigenvalue weighted by molar-refractivity contribution is -0.137. The molecule has 0 saturated heterocycles. The number of nitrogens with two attached hydrogens (primary N) is 1. The second-order valence-corrected chi connectivity index (χ2v) is 4.90. The SMILES string of the molecule is CC(C)[C@@H](O)[C@@H](N)c1cc(C(F)(F)F)ccc1Cl.Cl. The van der Waals surface area contributed by atoms with Crippen LogP contribution in [0.25, 0.3) is 0 Å². The average Bonchev–Trinajstić information content (AvgIpc) is 2.26. The van der Waals surface area contributed by atoms with Crippen LogP contribution in [0.15, 0.2) is 18.2 Å². The highest BCUT2D eigenvalue weighted by molar-refractivity contribution is 6.31. The van der Waals surface area contributed by atoms with Crippen molar-refractivity contribution in [3.8, 4) is 0 Å². The van der Waals surface area contributed by atoms with Crippen LogP contribution in [-0.2, 0) is 6.18 Å². The van der Waals surface area contributed by atoms with Crippen LogP contribution in [0.1, 0.15) is 31.0 Å². The van der Waals surface area contributed by atoms with Gasteiger partial charge in [-0.1, -0.05) is 25.4 Å². The molecule has 2 atom stereocenters. The molecular weight excluding hydrogens is 302 g/mol. The van der Waals surface area contributed by atoms with E-state index in [1.807, 2.05) is 0 Å². The van der Waals surface area contributed by atoms with Crippen molar-refractivity contribution in [3.63, 3.8) is 0 Å². The first-order chi connectivity index (χ1) is 8.14. The van der Waals surface area contributed by atoms with E-state index in [-0.39, 0.29) is 28.9 Å². The Bertz CT molecular complexity index is 424. The van der Waals surface area contributed by atoms with Crippen molar-refractivity contribution < 1.29 is 18.3 Å². The smallest absolute Gasteiger partial charge is 0.391 e. The Hall–Kier alpha value is -0.490. The summed E-state index contributed by atoms with van der Waals surface area (Å²) < 4.78 is 37.7. The number of benzene rings is 1. The molecule has 0 bridgehead atoms. The predicted molar refractivity (Wildman–Crippen MR) is 71.5 cm³/mol. The van der Waals surface area contributed by atoms with Gasteiger partial charge < -0.3 is 10.8 Å². The molecule has 0 aliphatic carbocycles. The summed E-state index contributed by atoms with van der Waals surface area (Å²) >= 11 is 5.83. The molecule has 0 fully saturated rings. The van der Waals surface area contributed by atoms with Gasteiger partial charge in [0.2, 0.25) is 0 Å². The first-order valence-corrected chi connectivity index (χ1v) is 5.82. The van der Waals surface area contributed by atoms with Gasteiger partial charge in [-0.05, 0) is 29.7 Å². The molecule has 1 rings (SSSR count). The zero-order valence-corrected chi connectivity index (χ0v) is 12.0. The number of aliphatic hydroxyl groups excluding tert-OH is 1. The Morgan fingerprint density at radius 1 is 1.26 bits per heavy atom. The molecular formula is C12H16Cl2F3NO. The molecule has 110 valence electrons. The summed E-state index contributed by atoms with van der Waals surface area (Å²) in [5.74, 6) is -0.175. The first-order valence-electron chi connectivity index (χ1n) is 5.45. The molecule has 0 unspecified atom stereocenters. The van der Waals surface area contributed by atoms with Crippen LogP contribution >= 0.6 is 24.0 Å². The summed E-state index contributed by atoms with van der Waals surface area (Å²) in [4.78, 5) is 0. The molecule has 0 amide bonds. The zero-order valence-electron chi connectivity index (χ0n) is 10.4. The molecule has 2 nitrogen and oxygen atoms in total. The van der Waals surface area contributed by atoms with Crippen LogP contribution in [0.5, 0.6) is 0 Å². The maximum absolute atomic E-state index is 12.6. The molecule has 0 heterocycles. The van der Waals surface area contributed by atoms with E-state index in [1.54, 1.807) is 13.8 Å². The van der Waals surface area contributed by atoms with E-state index in [2.05, 4.69) is 0 Å². The largest absolute Gasteiger partial charge is 0.416 e. The minimum absolute atomic E-state index is 0. The summed E-state index contributed by atoms with van der Waals surface area (Å²) in [6.07, 6.45) is -5.41. The number of hydrogen-bond acceptors (Lipinski definition) is 2. The zero-order chi connectivity index (χ0) is 14.1. The highest BCUT2D eigenvalue weighted by atomic mass is 35.5. The van der Waals surface area contributed by atoms with E-state index in [0.29, 0.717) is 0 Å². The lowest BCUT2D eigenvalue weighted by Crippen LogP contribution is -2.31. The molecule has 3 N–H and O–H groups in total. The van der Waals surface area contributed by atoms with Gasteiger partial charge in [-0.3, -0.25) is 0 Å². The summed E-state index contributed by atoms with van der Waals surface area (Å²) in [5.41, 5.74) is 5.03. The van der Waals surface area contributed by atoms with E-state index in [4.69, 9.17) is 17.3 Å². The third-order valence-electron chi connectivity index (χ3n) is 2.73. The molecule has 0 spiro atoms. The normalized spacial score (nSPS) is 15.0. The molecule has 0 aliphatic rings. The maximum Gasteiger partial charge on any atom is 0.416 e. The number of aliphatic hydroxyl groups is 1. The van der Waals surface area contributed by atoms with Crippen molar-refractivity contribution in [3.05, 3.63) is 34.3 Å². The summed E-state index contributed by atoms with van der Waals surface area (Å²) in [7, 11) is 0. The fourth-order valence-electron chi connectivity index (χ4n) is 1.57. The number of halogens is 5. The van der Waals surface area contributed by atoms with Crippen molar-refractivity contribution in [1.29, 1.82) is 0 Å². The van der Waals surface area contributed by atoms with Crippen LogP contribution in [0.3, 0.4) is 0 Å². The molecule has 1 aromatic rings. The van der Waals surface area contributed by atoms with Crippen LogP contribution in [0.4, 0.5) is 13.2 Å².